The topological polar surface area (TPSA) is 58.6 Å². The van der Waals surface area contributed by atoms with Gasteiger partial charge < -0.3 is 15.0 Å². The molecule has 0 aliphatic carbocycles. The van der Waals surface area contributed by atoms with Gasteiger partial charge in [-0.2, -0.15) is 0 Å². The summed E-state index contributed by atoms with van der Waals surface area (Å²) in [6, 6.07) is 25.4. The van der Waals surface area contributed by atoms with Crippen molar-refractivity contribution in [3.8, 4) is 5.75 Å². The lowest BCUT2D eigenvalue weighted by Crippen LogP contribution is -2.28. The second-order valence-corrected chi connectivity index (χ2v) is 8.72. The summed E-state index contributed by atoms with van der Waals surface area (Å²) in [6.45, 7) is 1.15. The number of hydrogen-bond acceptors (Lipinski definition) is 4. The van der Waals surface area contributed by atoms with Gasteiger partial charge >= 0.3 is 0 Å². The number of nitrogens with one attached hydrogen (secondary N) is 1. The van der Waals surface area contributed by atoms with Crippen LogP contribution in [-0.4, -0.2) is 36.1 Å². The van der Waals surface area contributed by atoms with Crippen LogP contribution in [0.15, 0.2) is 78.9 Å². The van der Waals surface area contributed by atoms with Crippen molar-refractivity contribution in [2.24, 2.45) is 0 Å². The highest BCUT2D eigenvalue weighted by atomic mass is 32.2. The third kappa shape index (κ3) is 5.32. The van der Waals surface area contributed by atoms with Crippen molar-refractivity contribution in [1.29, 1.82) is 0 Å². The van der Waals surface area contributed by atoms with E-state index in [1.54, 1.807) is 18.9 Å². The van der Waals surface area contributed by atoms with Crippen LogP contribution < -0.4 is 10.1 Å². The molecule has 1 atom stereocenters. The van der Waals surface area contributed by atoms with E-state index >= 15 is 0 Å². The van der Waals surface area contributed by atoms with E-state index in [2.05, 4.69) is 5.32 Å². The van der Waals surface area contributed by atoms with Crippen LogP contribution in [0.4, 0.5) is 0 Å². The van der Waals surface area contributed by atoms with Crippen molar-refractivity contribution in [1.82, 2.24) is 10.2 Å². The molecule has 3 aromatic carbocycles. The number of carbonyl (C=O) groups is 2. The zero-order valence-corrected chi connectivity index (χ0v) is 18.8. The summed E-state index contributed by atoms with van der Waals surface area (Å²) in [5.74, 6) is 1.35. The molecule has 164 valence electrons. The minimum absolute atomic E-state index is 0.0325. The van der Waals surface area contributed by atoms with Gasteiger partial charge in [0.25, 0.3) is 5.91 Å². The quantitative estimate of drug-likeness (QED) is 0.556. The van der Waals surface area contributed by atoms with Crippen LogP contribution in [0.5, 0.6) is 5.75 Å². The molecule has 1 fully saturated rings. The van der Waals surface area contributed by atoms with Crippen molar-refractivity contribution in [3.05, 3.63) is 101 Å². The van der Waals surface area contributed by atoms with Crippen molar-refractivity contribution in [2.45, 2.75) is 18.3 Å². The Balaban J connectivity index is 1.34. The summed E-state index contributed by atoms with van der Waals surface area (Å²) in [5, 5.41) is 2.94. The molecule has 1 heterocycles. The summed E-state index contributed by atoms with van der Waals surface area (Å²) >= 11 is 1.63. The SMILES string of the molecule is COc1ccc(CCNC(=O)c2ccc([C@H]3SCC(=O)N3Cc3ccccc3)cc2)cc1. The number of carbonyl (C=O) groups excluding carboxylic acids is 2. The fraction of sp³-hybridized carbons (Fsp3) is 0.231. The Hall–Kier alpha value is -3.25. The van der Waals surface area contributed by atoms with Gasteiger partial charge in [0.1, 0.15) is 11.1 Å². The smallest absolute Gasteiger partial charge is 0.251 e. The Bertz CT molecular complexity index is 1050. The fourth-order valence-electron chi connectivity index (χ4n) is 3.70. The van der Waals surface area contributed by atoms with Crippen LogP contribution in [0.3, 0.4) is 0 Å². The molecule has 3 aromatic rings. The van der Waals surface area contributed by atoms with E-state index in [9.17, 15) is 9.59 Å². The first-order valence-corrected chi connectivity index (χ1v) is 11.6. The number of thioether (sulfide) groups is 1. The van der Waals surface area contributed by atoms with Crippen LogP contribution in [0.2, 0.25) is 0 Å². The number of ether oxygens (including phenoxy) is 1. The molecule has 1 aliphatic heterocycles. The molecule has 0 radical (unpaired) electrons. The van der Waals surface area contributed by atoms with E-state index in [0.717, 1.165) is 28.9 Å². The van der Waals surface area contributed by atoms with E-state index in [1.807, 2.05) is 83.8 Å². The largest absolute Gasteiger partial charge is 0.497 e. The fourth-order valence-corrected chi connectivity index (χ4v) is 4.88. The summed E-state index contributed by atoms with van der Waals surface area (Å²) in [5.41, 5.74) is 3.91. The first-order valence-electron chi connectivity index (χ1n) is 10.6. The van der Waals surface area contributed by atoms with Gasteiger partial charge in [0.05, 0.1) is 12.9 Å². The maximum atomic E-state index is 12.5. The normalized spacial score (nSPS) is 15.6. The molecule has 4 rings (SSSR count). The molecule has 5 nitrogen and oxygen atoms in total. The maximum Gasteiger partial charge on any atom is 0.251 e. The number of nitrogens with zero attached hydrogens (tertiary/aromatic N) is 1. The Labute approximate surface area is 192 Å². The molecule has 1 saturated heterocycles. The van der Waals surface area contributed by atoms with E-state index in [1.165, 1.54) is 0 Å². The van der Waals surface area contributed by atoms with Gasteiger partial charge in [0.2, 0.25) is 5.91 Å². The lowest BCUT2D eigenvalue weighted by Gasteiger charge is -2.24. The highest BCUT2D eigenvalue weighted by Crippen LogP contribution is 2.39. The molecule has 1 N–H and O–H groups in total. The summed E-state index contributed by atoms with van der Waals surface area (Å²) in [7, 11) is 1.64. The first-order chi connectivity index (χ1) is 15.6. The average molecular weight is 447 g/mol. The lowest BCUT2D eigenvalue weighted by atomic mass is 10.1. The van der Waals surface area contributed by atoms with Gasteiger partial charge in [-0.05, 0) is 47.4 Å². The van der Waals surface area contributed by atoms with E-state index in [4.69, 9.17) is 4.74 Å². The third-order valence-electron chi connectivity index (χ3n) is 5.48. The highest BCUT2D eigenvalue weighted by Gasteiger charge is 2.32. The van der Waals surface area contributed by atoms with E-state index in [0.29, 0.717) is 24.4 Å². The van der Waals surface area contributed by atoms with Crippen LogP contribution in [0, 0.1) is 0 Å². The van der Waals surface area contributed by atoms with Gasteiger partial charge in [-0.15, -0.1) is 11.8 Å². The van der Waals surface area contributed by atoms with Crippen LogP contribution >= 0.6 is 11.8 Å². The summed E-state index contributed by atoms with van der Waals surface area (Å²) < 4.78 is 5.17. The Kier molecular flexibility index (Phi) is 7.12. The molecule has 0 bridgehead atoms. The zero-order valence-electron chi connectivity index (χ0n) is 18.0. The van der Waals surface area contributed by atoms with Crippen molar-refractivity contribution in [2.75, 3.05) is 19.4 Å². The van der Waals surface area contributed by atoms with Gasteiger partial charge in [0.15, 0.2) is 0 Å². The lowest BCUT2D eigenvalue weighted by molar-refractivity contribution is -0.128. The number of hydrogen-bond donors (Lipinski definition) is 1. The Morgan fingerprint density at radius 2 is 1.72 bits per heavy atom. The molecule has 2 amide bonds. The van der Waals surface area contributed by atoms with Gasteiger partial charge in [-0.3, -0.25) is 9.59 Å². The molecule has 6 heteroatoms. The van der Waals surface area contributed by atoms with Crippen molar-refractivity contribution >= 4 is 23.6 Å². The minimum atomic E-state index is -0.0960. The molecule has 0 saturated carbocycles. The predicted octanol–water partition coefficient (Wildman–Crippen LogP) is 4.44. The van der Waals surface area contributed by atoms with Gasteiger partial charge in [-0.1, -0.05) is 54.6 Å². The molecule has 1 aliphatic rings. The molecular formula is C26H26N2O3S. The van der Waals surface area contributed by atoms with Gasteiger partial charge in [0, 0.05) is 18.7 Å². The standard InChI is InChI=1S/C26H26N2O3S/c1-31-23-13-7-19(8-14-23)15-16-27-25(30)21-9-11-22(12-10-21)26-28(24(29)18-32-26)17-20-5-3-2-4-6-20/h2-14,26H,15-18H2,1H3,(H,27,30)/t26-/m1/s1. The van der Waals surface area contributed by atoms with Crippen LogP contribution in [-0.2, 0) is 17.8 Å². The zero-order chi connectivity index (χ0) is 22.3. The Morgan fingerprint density at radius 3 is 2.41 bits per heavy atom. The minimum Gasteiger partial charge on any atom is -0.497 e. The van der Waals surface area contributed by atoms with Crippen LogP contribution in [0.1, 0.15) is 32.4 Å². The highest BCUT2D eigenvalue weighted by molar-refractivity contribution is 8.00. The molecule has 32 heavy (non-hydrogen) atoms. The predicted molar refractivity (Wildman–Crippen MR) is 128 cm³/mol. The number of benzene rings is 3. The average Bonchev–Trinajstić information content (AvgIpc) is 3.20. The first kappa shape index (κ1) is 22.0. The van der Waals surface area contributed by atoms with Crippen LogP contribution in [0.25, 0.3) is 0 Å². The molecule has 0 spiro atoms. The van der Waals surface area contributed by atoms with E-state index in [-0.39, 0.29) is 17.2 Å². The number of methoxy groups -OCH3 is 1. The van der Waals surface area contributed by atoms with Gasteiger partial charge in [-0.25, -0.2) is 0 Å². The van der Waals surface area contributed by atoms with Crippen molar-refractivity contribution < 1.29 is 14.3 Å². The maximum absolute atomic E-state index is 12.5. The molecule has 0 unspecified atom stereocenters. The summed E-state index contributed by atoms with van der Waals surface area (Å²) in [4.78, 5) is 26.9. The van der Waals surface area contributed by atoms with Crippen molar-refractivity contribution in [3.63, 3.8) is 0 Å². The molecule has 0 aromatic heterocycles. The summed E-state index contributed by atoms with van der Waals surface area (Å²) in [6.07, 6.45) is 0.753. The Morgan fingerprint density at radius 1 is 1.00 bits per heavy atom. The molecular weight excluding hydrogens is 420 g/mol. The van der Waals surface area contributed by atoms with E-state index < -0.39 is 0 Å². The number of amides is 2. The third-order valence-corrected chi connectivity index (χ3v) is 6.74. The number of rotatable bonds is 8. The second-order valence-electron chi connectivity index (χ2n) is 7.65. The second kappa shape index (κ2) is 10.4. The monoisotopic (exact) mass is 446 g/mol.